The van der Waals surface area contributed by atoms with Gasteiger partial charge in [0.1, 0.15) is 38.9 Å². The molecule has 0 aromatic carbocycles. The number of thiophene rings is 1. The molecule has 0 spiro atoms. The Labute approximate surface area is 796 Å². The number of alkyl halides is 1. The zero-order chi connectivity index (χ0) is 96.9. The first-order valence-corrected chi connectivity index (χ1v) is 61.4. The molecule has 23 atom stereocenters. The monoisotopic (exact) mass is 1890 g/mol. The van der Waals surface area contributed by atoms with E-state index < -0.39 is 54.3 Å². The van der Waals surface area contributed by atoms with E-state index in [0.717, 1.165) is 93.2 Å². The van der Waals surface area contributed by atoms with Gasteiger partial charge in [0, 0.05) is 30.1 Å². The van der Waals surface area contributed by atoms with Gasteiger partial charge in [-0.05, 0) is 330 Å². The maximum Gasteiger partial charge on any atom is 0.481 e. The van der Waals surface area contributed by atoms with E-state index in [4.69, 9.17) is 72.2 Å². The minimum absolute atomic E-state index is 0.0194. The van der Waals surface area contributed by atoms with Crippen LogP contribution in [0.1, 0.15) is 335 Å². The molecule has 16 aliphatic rings. The van der Waals surface area contributed by atoms with Crippen molar-refractivity contribution in [3.8, 4) is 0 Å². The van der Waals surface area contributed by atoms with Gasteiger partial charge in [0.05, 0.1) is 77.0 Å². The van der Waals surface area contributed by atoms with Crippen molar-refractivity contribution >= 4 is 106 Å². The molecular formula is C100H179B4ClN2O18SSi3. The van der Waals surface area contributed by atoms with E-state index in [1.54, 1.807) is 11.3 Å². The van der Waals surface area contributed by atoms with Crippen LogP contribution in [0.15, 0.2) is 17.5 Å². The Kier molecular flexibility index (Phi) is 33.3. The lowest BCUT2D eigenvalue weighted by Gasteiger charge is -2.64. The summed E-state index contributed by atoms with van der Waals surface area (Å²) in [5.74, 6) is 5.03. The molecule has 1 amide bonds. The number of ether oxygens (including phenoxy) is 4. The van der Waals surface area contributed by atoms with Crippen LogP contribution < -0.4 is 5.32 Å². The molecular weight excluding hydrogens is 1710 g/mol. The molecule has 1 N–H and O–H groups in total. The molecule has 4 aliphatic heterocycles. The normalized spacial score (nSPS) is 32.9. The van der Waals surface area contributed by atoms with E-state index in [-0.39, 0.29) is 156 Å². The lowest BCUT2D eigenvalue weighted by molar-refractivity contribution is -0.199. The molecule has 12 aliphatic carbocycles. The topological polar surface area (TPSA) is 221 Å². The van der Waals surface area contributed by atoms with Gasteiger partial charge in [-0.25, -0.2) is 0 Å². The maximum absolute atomic E-state index is 12.9. The summed E-state index contributed by atoms with van der Waals surface area (Å²) in [4.78, 5) is 63.4. The molecule has 4 saturated heterocycles. The lowest BCUT2D eigenvalue weighted by Crippen LogP contribution is -2.67. The Morgan fingerprint density at radius 2 is 0.798 bits per heavy atom. The summed E-state index contributed by atoms with van der Waals surface area (Å²) in [5, 5.41) is 5.10. The van der Waals surface area contributed by atoms with Gasteiger partial charge in [-0.1, -0.05) is 142 Å². The van der Waals surface area contributed by atoms with Crippen LogP contribution in [0, 0.1) is 86.8 Å². The van der Waals surface area contributed by atoms with Crippen LogP contribution in [0.5, 0.6) is 0 Å². The van der Waals surface area contributed by atoms with Crippen molar-refractivity contribution < 1.29 is 84.6 Å². The van der Waals surface area contributed by atoms with Crippen LogP contribution in [0.2, 0.25) is 63.7 Å². The second kappa shape index (κ2) is 39.5. The number of hydrogen-bond acceptors (Lipinski definition) is 20. The Morgan fingerprint density at radius 1 is 0.457 bits per heavy atom. The highest BCUT2D eigenvalue weighted by molar-refractivity contribution is 7.10. The molecule has 12 saturated carbocycles. The Morgan fingerprint density at radius 3 is 1.16 bits per heavy atom. The number of nitrogens with zero attached hydrogens (tertiary/aromatic N) is 1. The molecule has 8 bridgehead atoms. The quantitative estimate of drug-likeness (QED) is 0.0316. The SMILES string of the molecule is CC(C)(C)OC(=O)CC(CCB1O[C@@H]2C[C@@H]3C[C@@H](C3(C)C)[C@]2(C)O1)O[Si](C)(C)C(C)(C)C.CC(CC[C@@H](B1O[C@@H]2C[C@@H]3C[C@@H](C3(C)C)[C@]2(C)O1)N([Si](C)(C)C)[Si](C)(C)C)CC(=O)OC(C)(C)C.CC(CC[C@@H](Cl)B1O[C@@H]2C[C@@H]3C[C@@H](C3(C)C)[C@]2(C)O1)CC(=O)OC(C)(C)C.CC(CC[C@H](NC(=O)Cc1cccs1)B1O[C@@H]2C[C@@H]3C[C@@H](C3(C)C)[C@]2(C)O1)CC(=O)OC(C)(C)C. The maximum atomic E-state index is 12.9. The summed E-state index contributed by atoms with van der Waals surface area (Å²) in [5.41, 5.74) is -1.45. The van der Waals surface area contributed by atoms with Gasteiger partial charge in [0.25, 0.3) is 0 Å². The molecule has 4 unspecified atom stereocenters. The third kappa shape index (κ3) is 25.6. The van der Waals surface area contributed by atoms with Crippen molar-refractivity contribution in [2.45, 2.75) is 492 Å². The number of esters is 4. The van der Waals surface area contributed by atoms with Gasteiger partial charge < -0.3 is 70.2 Å². The highest BCUT2D eigenvalue weighted by Crippen LogP contribution is 2.70. The summed E-state index contributed by atoms with van der Waals surface area (Å²) in [6, 6.07) is 3.95. The van der Waals surface area contributed by atoms with Gasteiger partial charge in [-0.2, -0.15) is 0 Å². The zero-order valence-electron chi connectivity index (χ0n) is 87.9. The summed E-state index contributed by atoms with van der Waals surface area (Å²) in [6.45, 7) is 83.2. The molecule has 1 aromatic heterocycles. The number of carbonyl (C=O) groups is 5. The van der Waals surface area contributed by atoms with Crippen LogP contribution in [-0.2, 0) is 91.0 Å². The Hall–Kier alpha value is -2.15. The summed E-state index contributed by atoms with van der Waals surface area (Å²) < 4.78 is 84.5. The van der Waals surface area contributed by atoms with E-state index >= 15 is 0 Å². The molecule has 5 heterocycles. The van der Waals surface area contributed by atoms with Gasteiger partial charge in [0.2, 0.25) is 5.91 Å². The largest absolute Gasteiger partial charge is 0.481 e. The molecule has 1 aromatic rings. The molecule has 734 valence electrons. The standard InChI is InChI=1S/C27H42BNO5S.C27H54BNO4Si2.C25H47BO5Si.C21H36BClO4/c1-17(13-24(31)32-25(2,3)4)10-11-22(29-23(30)16-19-9-8-12-35-19)28-33-21-15-18-14-20(26(18,5)6)27(21,7)34-28;1-19(16-24(30)31-25(2,3)4)14-15-23(29(34(8,9)10)35(11,12)13)28-32-22-18-20-17-21(26(20,5)6)27(22,7)33-28;1-22(2,3)28-21(27)16-18(30-32(10,11)23(4,5)6)12-13-26-29-20-15-17-14-19(24(17,7)8)25(20,9)31-26;1-13(10-18(24)25-19(2,3)4)8-9-17(23)22-26-16-12-14-11-15(20(14,5)6)21(16,7)27-22/h8-9,12,17-18,20-22H,10-11,13-16H2,1-7H3,(H,29,30);19-23H,14-18H2,1-13H3;17-20H,12-16H2,1-11H3;13-17H,8-12H2,1-7H3/t17?,18-,20-,21+,22-,27-;19?,20-,21-,22+,23-,27-;17-,18?,19-,20+,25-;13?,14-,15-,16+,17+,21-/m0000/s1. The van der Waals surface area contributed by atoms with Crippen molar-refractivity contribution in [1.82, 2.24) is 9.55 Å². The average Bonchev–Trinajstić information content (AvgIpc) is 1.63. The molecule has 129 heavy (non-hydrogen) atoms. The van der Waals surface area contributed by atoms with E-state index in [1.165, 1.54) is 25.7 Å². The number of hydrogen-bond donors (Lipinski definition) is 1. The third-order valence-electron chi connectivity index (χ3n) is 33.4. The minimum Gasteiger partial charge on any atom is -0.460 e. The predicted octanol–water partition coefficient (Wildman–Crippen LogP) is 23.2. The summed E-state index contributed by atoms with van der Waals surface area (Å²) >= 11 is 8.25. The van der Waals surface area contributed by atoms with Crippen molar-refractivity contribution in [3.05, 3.63) is 22.4 Å². The lowest BCUT2D eigenvalue weighted by atomic mass is 9.43. The van der Waals surface area contributed by atoms with Crippen LogP contribution in [0.3, 0.4) is 0 Å². The van der Waals surface area contributed by atoms with Crippen molar-refractivity contribution in [1.29, 1.82) is 0 Å². The number of nitrogens with one attached hydrogen (secondary N) is 1. The zero-order valence-corrected chi connectivity index (χ0v) is 92.5. The molecule has 0 radical (unpaired) electrons. The number of amides is 1. The molecule has 16 fully saturated rings. The number of carbonyl (C=O) groups excluding carboxylic acids is 5. The van der Waals surface area contributed by atoms with E-state index in [1.807, 2.05) is 101 Å². The van der Waals surface area contributed by atoms with Crippen LogP contribution in [0.4, 0.5) is 0 Å². The van der Waals surface area contributed by atoms with Gasteiger partial charge >= 0.3 is 52.4 Å². The first-order valence-electron chi connectivity index (χ1n) is 50.2. The Bertz CT molecular complexity index is 3970. The summed E-state index contributed by atoms with van der Waals surface area (Å²) in [7, 11) is -6.55. The van der Waals surface area contributed by atoms with Gasteiger partial charge in [0.15, 0.2) is 8.32 Å². The average molecular weight is 1890 g/mol. The smallest absolute Gasteiger partial charge is 0.460 e. The first kappa shape index (κ1) is 109. The van der Waals surface area contributed by atoms with Gasteiger partial charge in [-0.15, -0.1) is 22.9 Å². The van der Waals surface area contributed by atoms with Crippen LogP contribution >= 0.6 is 22.9 Å². The minimum atomic E-state index is -2.03. The Balaban J connectivity index is 0.000000180. The highest BCUT2D eigenvalue weighted by Gasteiger charge is 2.73. The van der Waals surface area contributed by atoms with Crippen molar-refractivity contribution in [2.75, 3.05) is 0 Å². The van der Waals surface area contributed by atoms with Crippen molar-refractivity contribution in [2.24, 2.45) is 86.8 Å². The molecule has 20 nitrogen and oxygen atoms in total. The third-order valence-corrected chi connectivity index (χ3v) is 46.8. The second-order valence-corrected chi connectivity index (χ2v) is 69.4. The fourth-order valence-corrected chi connectivity index (χ4v) is 38.1. The molecule has 29 heteroatoms. The fourth-order valence-electron chi connectivity index (χ4n) is 25.3. The summed E-state index contributed by atoms with van der Waals surface area (Å²) in [6.07, 6.45) is 18.1. The highest BCUT2D eigenvalue weighted by atomic mass is 35.5. The van der Waals surface area contributed by atoms with E-state index in [2.05, 4.69) is 187 Å². The number of halogens is 1. The predicted molar refractivity (Wildman–Crippen MR) is 531 cm³/mol. The van der Waals surface area contributed by atoms with Crippen LogP contribution in [-0.4, -0.2) is 180 Å². The fraction of sp³-hybridized carbons (Fsp3) is 0.910. The van der Waals surface area contributed by atoms with Gasteiger partial charge in [-0.3, -0.25) is 24.0 Å². The van der Waals surface area contributed by atoms with E-state index in [9.17, 15) is 24.0 Å². The van der Waals surface area contributed by atoms with E-state index in [0.29, 0.717) is 77.9 Å². The number of rotatable bonds is 31. The molecule has 17 rings (SSSR count). The van der Waals surface area contributed by atoms with Crippen molar-refractivity contribution in [3.63, 3.8) is 0 Å². The van der Waals surface area contributed by atoms with Crippen LogP contribution in [0.25, 0.3) is 0 Å². The first-order chi connectivity index (χ1) is 58.6. The second-order valence-electron chi connectivity index (χ2n) is 52.9.